The number of carbonyl (C=O) groups excluding carboxylic acids is 1. The molecule has 1 aliphatic rings. The third kappa shape index (κ3) is 2.35. The van der Waals surface area contributed by atoms with Gasteiger partial charge in [-0.05, 0) is 6.08 Å². The van der Waals surface area contributed by atoms with E-state index in [-0.39, 0.29) is 12.3 Å². The molecule has 1 N–H and O–H groups in total. The number of amides is 1. The minimum atomic E-state index is -0.104. The molecule has 0 atom stereocenters. The van der Waals surface area contributed by atoms with Gasteiger partial charge in [0, 0.05) is 23.5 Å². The van der Waals surface area contributed by atoms with Crippen molar-refractivity contribution >= 4 is 28.8 Å². The smallest absolute Gasteiger partial charge is 0.250 e. The monoisotopic (exact) mass is 220 g/mol. The van der Waals surface area contributed by atoms with E-state index >= 15 is 0 Å². The van der Waals surface area contributed by atoms with E-state index in [9.17, 15) is 4.79 Å². The van der Waals surface area contributed by atoms with Gasteiger partial charge >= 0.3 is 0 Å². The summed E-state index contributed by atoms with van der Waals surface area (Å²) in [6, 6.07) is 0. The zero-order chi connectivity index (χ0) is 10.7. The second-order valence-electron chi connectivity index (χ2n) is 2.93. The number of carbonyl (C=O) groups is 1. The van der Waals surface area contributed by atoms with Crippen LogP contribution in [-0.2, 0) is 4.79 Å². The zero-order valence-corrected chi connectivity index (χ0v) is 8.57. The number of hydrazine groups is 1. The molecule has 0 saturated heterocycles. The number of anilines is 1. The van der Waals surface area contributed by atoms with Gasteiger partial charge in [0.25, 0.3) is 0 Å². The van der Waals surface area contributed by atoms with Crippen LogP contribution in [0.4, 0.5) is 5.82 Å². The summed E-state index contributed by atoms with van der Waals surface area (Å²) in [5, 5.41) is 1.35. The SMILES string of the molecule is O=C1CC(=S)C=CN1Nc1cnccn1. The highest BCUT2D eigenvalue weighted by molar-refractivity contribution is 7.80. The average molecular weight is 220 g/mol. The molecule has 0 radical (unpaired) electrons. The average Bonchev–Trinajstić information content (AvgIpc) is 2.24. The summed E-state index contributed by atoms with van der Waals surface area (Å²) >= 11 is 4.91. The molecule has 1 amide bonds. The molecule has 0 spiro atoms. The number of thiocarbonyl (C=S) groups is 1. The number of hydrogen-bond acceptors (Lipinski definition) is 5. The van der Waals surface area contributed by atoms with Gasteiger partial charge in [-0.2, -0.15) is 0 Å². The van der Waals surface area contributed by atoms with Gasteiger partial charge in [0.1, 0.15) is 0 Å². The Hall–Kier alpha value is -1.82. The topological polar surface area (TPSA) is 58.1 Å². The van der Waals surface area contributed by atoms with Crippen molar-refractivity contribution in [3.63, 3.8) is 0 Å². The highest BCUT2D eigenvalue weighted by atomic mass is 32.1. The summed E-state index contributed by atoms with van der Waals surface area (Å²) < 4.78 is 0. The lowest BCUT2D eigenvalue weighted by Crippen LogP contribution is -2.35. The van der Waals surface area contributed by atoms with Gasteiger partial charge in [-0.25, -0.2) is 9.99 Å². The highest BCUT2D eigenvalue weighted by Crippen LogP contribution is 2.08. The van der Waals surface area contributed by atoms with Crippen LogP contribution in [0.3, 0.4) is 0 Å². The molecule has 15 heavy (non-hydrogen) atoms. The van der Waals surface area contributed by atoms with E-state index in [0.29, 0.717) is 10.7 Å². The van der Waals surface area contributed by atoms with Gasteiger partial charge < -0.3 is 0 Å². The second kappa shape index (κ2) is 4.14. The highest BCUT2D eigenvalue weighted by Gasteiger charge is 2.16. The van der Waals surface area contributed by atoms with E-state index in [0.717, 1.165) is 0 Å². The summed E-state index contributed by atoms with van der Waals surface area (Å²) in [6.07, 6.45) is 8.19. The molecule has 1 aromatic rings. The molecule has 0 fully saturated rings. The number of aromatic nitrogens is 2. The molecule has 5 nitrogen and oxygen atoms in total. The minimum absolute atomic E-state index is 0.104. The van der Waals surface area contributed by atoms with Crippen molar-refractivity contribution in [2.24, 2.45) is 0 Å². The molecule has 0 aliphatic carbocycles. The van der Waals surface area contributed by atoms with Crippen LogP contribution in [0, 0.1) is 0 Å². The maximum atomic E-state index is 11.5. The van der Waals surface area contributed by atoms with Crippen molar-refractivity contribution in [1.82, 2.24) is 15.0 Å². The van der Waals surface area contributed by atoms with E-state index in [1.54, 1.807) is 24.7 Å². The number of hydrogen-bond donors (Lipinski definition) is 1. The van der Waals surface area contributed by atoms with Crippen molar-refractivity contribution in [1.29, 1.82) is 0 Å². The van der Waals surface area contributed by atoms with Gasteiger partial charge in [0.2, 0.25) is 5.91 Å². The second-order valence-corrected chi connectivity index (χ2v) is 3.45. The first-order valence-electron chi connectivity index (χ1n) is 4.31. The van der Waals surface area contributed by atoms with Crippen LogP contribution >= 0.6 is 12.2 Å². The Labute approximate surface area is 91.8 Å². The first kappa shape index (κ1) is 9.72. The molecule has 6 heteroatoms. The van der Waals surface area contributed by atoms with Crippen molar-refractivity contribution in [3.8, 4) is 0 Å². The maximum Gasteiger partial charge on any atom is 0.250 e. The summed E-state index contributed by atoms with van der Waals surface area (Å²) in [6.45, 7) is 0. The molecule has 2 heterocycles. The number of rotatable bonds is 2. The van der Waals surface area contributed by atoms with Gasteiger partial charge in [-0.15, -0.1) is 0 Å². The summed E-state index contributed by atoms with van der Waals surface area (Å²) in [5.41, 5.74) is 2.81. The standard InChI is InChI=1S/C9H8N4OS/c14-9-5-7(15)1-4-13(9)12-8-6-10-2-3-11-8/h1-4,6H,5H2,(H,11,12). The number of allylic oxidation sites excluding steroid dienone is 1. The Balaban J connectivity index is 2.10. The molecule has 0 aromatic carbocycles. The molecule has 1 aromatic heterocycles. The molecule has 0 bridgehead atoms. The quantitative estimate of drug-likeness (QED) is 0.751. The van der Waals surface area contributed by atoms with Crippen LogP contribution in [-0.4, -0.2) is 25.7 Å². The van der Waals surface area contributed by atoms with Crippen LogP contribution in [0.2, 0.25) is 0 Å². The molecular formula is C9H8N4OS. The number of nitrogens with zero attached hydrogens (tertiary/aromatic N) is 3. The fraction of sp³-hybridized carbons (Fsp3) is 0.111. The van der Waals surface area contributed by atoms with Crippen molar-refractivity contribution < 1.29 is 4.79 Å². The van der Waals surface area contributed by atoms with Crippen LogP contribution < -0.4 is 5.43 Å². The lowest BCUT2D eigenvalue weighted by atomic mass is 10.2. The van der Waals surface area contributed by atoms with Gasteiger partial charge in [-0.1, -0.05) is 12.2 Å². The molecular weight excluding hydrogens is 212 g/mol. The zero-order valence-electron chi connectivity index (χ0n) is 7.75. The Kier molecular flexibility index (Phi) is 2.68. The van der Waals surface area contributed by atoms with Gasteiger partial charge in [-0.3, -0.25) is 15.2 Å². The van der Waals surface area contributed by atoms with E-state index < -0.39 is 0 Å². The van der Waals surface area contributed by atoms with Crippen LogP contribution in [0.5, 0.6) is 0 Å². The van der Waals surface area contributed by atoms with E-state index in [2.05, 4.69) is 15.4 Å². The summed E-state index contributed by atoms with van der Waals surface area (Å²) in [5.74, 6) is 0.413. The predicted molar refractivity (Wildman–Crippen MR) is 58.9 cm³/mol. The fourth-order valence-electron chi connectivity index (χ4n) is 1.11. The molecule has 0 saturated carbocycles. The minimum Gasteiger partial charge on any atom is -0.274 e. The largest absolute Gasteiger partial charge is 0.274 e. The molecule has 76 valence electrons. The Morgan fingerprint density at radius 2 is 2.33 bits per heavy atom. The Bertz CT molecular complexity index is 417. The molecule has 2 rings (SSSR count). The van der Waals surface area contributed by atoms with Gasteiger partial charge in [0.15, 0.2) is 5.82 Å². The predicted octanol–water partition coefficient (Wildman–Crippen LogP) is 0.919. The number of nitrogens with one attached hydrogen (secondary N) is 1. The first-order chi connectivity index (χ1) is 7.25. The third-order valence-electron chi connectivity index (χ3n) is 1.80. The van der Waals surface area contributed by atoms with Crippen LogP contribution in [0.25, 0.3) is 0 Å². The van der Waals surface area contributed by atoms with Crippen LogP contribution in [0.1, 0.15) is 6.42 Å². The first-order valence-corrected chi connectivity index (χ1v) is 4.72. The molecule has 1 aliphatic heterocycles. The van der Waals surface area contributed by atoms with Crippen molar-refractivity contribution in [2.45, 2.75) is 6.42 Å². The van der Waals surface area contributed by atoms with E-state index in [1.165, 1.54) is 11.2 Å². The van der Waals surface area contributed by atoms with Crippen molar-refractivity contribution in [2.75, 3.05) is 5.43 Å². The lowest BCUT2D eigenvalue weighted by molar-refractivity contribution is -0.126. The Morgan fingerprint density at radius 3 is 3.00 bits per heavy atom. The summed E-state index contributed by atoms with van der Waals surface area (Å²) in [4.78, 5) is 20.0. The van der Waals surface area contributed by atoms with E-state index in [4.69, 9.17) is 12.2 Å². The van der Waals surface area contributed by atoms with Crippen LogP contribution in [0.15, 0.2) is 30.9 Å². The Morgan fingerprint density at radius 1 is 1.47 bits per heavy atom. The normalized spacial score (nSPS) is 15.6. The van der Waals surface area contributed by atoms with E-state index in [1.807, 2.05) is 0 Å². The lowest BCUT2D eigenvalue weighted by Gasteiger charge is -2.22. The fourth-order valence-corrected chi connectivity index (χ4v) is 1.30. The van der Waals surface area contributed by atoms with Gasteiger partial charge in [0.05, 0.1) is 12.6 Å². The van der Waals surface area contributed by atoms with Crippen molar-refractivity contribution in [3.05, 3.63) is 30.9 Å². The summed E-state index contributed by atoms with van der Waals surface area (Å²) in [7, 11) is 0. The maximum absolute atomic E-state index is 11.5. The third-order valence-corrected chi connectivity index (χ3v) is 2.08. The molecule has 0 unspecified atom stereocenters.